The van der Waals surface area contributed by atoms with Gasteiger partial charge in [-0.15, -0.1) is 0 Å². The lowest BCUT2D eigenvalue weighted by Crippen LogP contribution is -2.47. The Labute approximate surface area is 115 Å². The highest BCUT2D eigenvalue weighted by molar-refractivity contribution is 5.76. The molecule has 0 N–H and O–H groups in total. The first kappa shape index (κ1) is 16.0. The number of amides is 1. The molecule has 1 unspecified atom stereocenters. The van der Waals surface area contributed by atoms with Gasteiger partial charge in [-0.05, 0) is 26.8 Å². The van der Waals surface area contributed by atoms with Crippen molar-refractivity contribution in [2.24, 2.45) is 5.92 Å². The van der Waals surface area contributed by atoms with Gasteiger partial charge >= 0.3 is 5.97 Å². The second-order valence-corrected chi connectivity index (χ2v) is 5.23. The van der Waals surface area contributed by atoms with Gasteiger partial charge in [0.2, 0.25) is 5.91 Å². The molecule has 0 saturated carbocycles. The summed E-state index contributed by atoms with van der Waals surface area (Å²) >= 11 is 0. The first-order valence-electron chi connectivity index (χ1n) is 7.17. The lowest BCUT2D eigenvalue weighted by Gasteiger charge is -2.32. The maximum Gasteiger partial charge on any atom is 0.308 e. The van der Waals surface area contributed by atoms with Crippen LogP contribution in [0.25, 0.3) is 0 Å². The quantitative estimate of drug-likeness (QED) is 0.679. The molecule has 110 valence electrons. The summed E-state index contributed by atoms with van der Waals surface area (Å²) in [6.45, 7) is 7.63. The number of carbonyl (C=O) groups is 2. The number of carbonyl (C=O) groups excluding carboxylic acids is 2. The van der Waals surface area contributed by atoms with E-state index < -0.39 is 0 Å². The first-order valence-corrected chi connectivity index (χ1v) is 7.17. The number of rotatable bonds is 6. The van der Waals surface area contributed by atoms with Crippen molar-refractivity contribution in [3.63, 3.8) is 0 Å². The van der Waals surface area contributed by atoms with Crippen molar-refractivity contribution in [1.82, 2.24) is 9.80 Å². The molecule has 0 aliphatic carbocycles. The summed E-state index contributed by atoms with van der Waals surface area (Å²) in [7, 11) is 2.07. The van der Waals surface area contributed by atoms with Gasteiger partial charge in [-0.1, -0.05) is 6.92 Å². The van der Waals surface area contributed by atoms with E-state index >= 15 is 0 Å². The van der Waals surface area contributed by atoms with Gasteiger partial charge in [0, 0.05) is 32.6 Å². The van der Waals surface area contributed by atoms with Crippen molar-refractivity contribution in [1.29, 1.82) is 0 Å². The minimum atomic E-state index is -0.158. The van der Waals surface area contributed by atoms with Crippen LogP contribution in [-0.2, 0) is 14.3 Å². The average molecular weight is 270 g/mol. The molecule has 0 aromatic rings. The average Bonchev–Trinajstić information content (AvgIpc) is 2.39. The molecular weight excluding hydrogens is 244 g/mol. The topological polar surface area (TPSA) is 49.9 Å². The van der Waals surface area contributed by atoms with Gasteiger partial charge in [0.1, 0.15) is 0 Å². The summed E-state index contributed by atoms with van der Waals surface area (Å²) in [4.78, 5) is 27.6. The standard InChI is InChI=1S/C14H26N2O3/c1-4-19-14(18)12(2)6-5-7-13(17)16-10-8-15(3)9-11-16/h12H,4-11H2,1-3H3. The predicted octanol–water partition coefficient (Wildman–Crippen LogP) is 1.13. The van der Waals surface area contributed by atoms with Gasteiger partial charge in [-0.25, -0.2) is 0 Å². The molecule has 1 saturated heterocycles. The number of hydrogen-bond donors (Lipinski definition) is 0. The summed E-state index contributed by atoms with van der Waals surface area (Å²) < 4.78 is 4.95. The molecule has 1 fully saturated rings. The molecular formula is C14H26N2O3. The fourth-order valence-corrected chi connectivity index (χ4v) is 2.18. The third-order valence-electron chi connectivity index (χ3n) is 3.57. The third-order valence-corrected chi connectivity index (χ3v) is 3.57. The molecule has 0 aromatic carbocycles. The Hall–Kier alpha value is -1.10. The van der Waals surface area contributed by atoms with E-state index in [4.69, 9.17) is 4.74 Å². The van der Waals surface area contributed by atoms with Crippen LogP contribution in [-0.4, -0.2) is 61.5 Å². The zero-order valence-electron chi connectivity index (χ0n) is 12.4. The first-order chi connectivity index (χ1) is 9.04. The van der Waals surface area contributed by atoms with E-state index in [1.807, 2.05) is 18.7 Å². The van der Waals surface area contributed by atoms with E-state index in [9.17, 15) is 9.59 Å². The number of likely N-dealkylation sites (N-methyl/N-ethyl adjacent to an activating group) is 1. The zero-order valence-corrected chi connectivity index (χ0v) is 12.4. The van der Waals surface area contributed by atoms with Crippen LogP contribution in [0.2, 0.25) is 0 Å². The minimum absolute atomic E-state index is 0.111. The van der Waals surface area contributed by atoms with E-state index in [2.05, 4.69) is 11.9 Å². The molecule has 1 aliphatic heterocycles. The van der Waals surface area contributed by atoms with E-state index in [0.717, 1.165) is 39.0 Å². The van der Waals surface area contributed by atoms with Crippen LogP contribution in [0.3, 0.4) is 0 Å². The Bertz CT molecular complexity index is 299. The van der Waals surface area contributed by atoms with Crippen LogP contribution in [0.5, 0.6) is 0 Å². The van der Waals surface area contributed by atoms with E-state index in [0.29, 0.717) is 13.0 Å². The molecule has 1 amide bonds. The van der Waals surface area contributed by atoms with Crippen molar-refractivity contribution >= 4 is 11.9 Å². The largest absolute Gasteiger partial charge is 0.466 e. The van der Waals surface area contributed by atoms with Crippen molar-refractivity contribution in [3.05, 3.63) is 0 Å². The monoisotopic (exact) mass is 270 g/mol. The second-order valence-electron chi connectivity index (χ2n) is 5.23. The van der Waals surface area contributed by atoms with Gasteiger partial charge in [0.25, 0.3) is 0 Å². The van der Waals surface area contributed by atoms with Gasteiger partial charge in [0.15, 0.2) is 0 Å². The number of esters is 1. The van der Waals surface area contributed by atoms with Crippen LogP contribution in [0.15, 0.2) is 0 Å². The molecule has 0 bridgehead atoms. The molecule has 5 nitrogen and oxygen atoms in total. The lowest BCUT2D eigenvalue weighted by atomic mass is 10.0. The molecule has 1 atom stereocenters. The van der Waals surface area contributed by atoms with Crippen molar-refractivity contribution < 1.29 is 14.3 Å². The van der Waals surface area contributed by atoms with Gasteiger partial charge in [-0.2, -0.15) is 0 Å². The summed E-state index contributed by atoms with van der Waals surface area (Å²) in [6, 6.07) is 0. The van der Waals surface area contributed by atoms with Crippen molar-refractivity contribution in [2.45, 2.75) is 33.1 Å². The predicted molar refractivity (Wildman–Crippen MR) is 73.7 cm³/mol. The number of nitrogens with zero attached hydrogens (tertiary/aromatic N) is 2. The maximum atomic E-state index is 12.0. The van der Waals surface area contributed by atoms with Gasteiger partial charge < -0.3 is 14.5 Å². The van der Waals surface area contributed by atoms with E-state index in [1.54, 1.807) is 0 Å². The maximum absolute atomic E-state index is 12.0. The molecule has 19 heavy (non-hydrogen) atoms. The van der Waals surface area contributed by atoms with Crippen LogP contribution >= 0.6 is 0 Å². The Morgan fingerprint density at radius 3 is 2.42 bits per heavy atom. The highest BCUT2D eigenvalue weighted by Gasteiger charge is 2.19. The molecule has 5 heteroatoms. The number of piperazine rings is 1. The molecule has 0 radical (unpaired) electrons. The molecule has 0 spiro atoms. The minimum Gasteiger partial charge on any atom is -0.466 e. The van der Waals surface area contributed by atoms with Crippen LogP contribution in [0.1, 0.15) is 33.1 Å². The Kier molecular flexibility index (Phi) is 6.84. The lowest BCUT2D eigenvalue weighted by molar-refractivity contribution is -0.147. The Morgan fingerprint density at radius 2 is 1.84 bits per heavy atom. The molecule has 1 rings (SSSR count). The fraction of sp³-hybridized carbons (Fsp3) is 0.857. The fourth-order valence-electron chi connectivity index (χ4n) is 2.18. The summed E-state index contributed by atoms with van der Waals surface area (Å²) in [6.07, 6.45) is 2.01. The van der Waals surface area contributed by atoms with Gasteiger partial charge in [-0.3, -0.25) is 9.59 Å². The number of ether oxygens (including phenoxy) is 1. The van der Waals surface area contributed by atoms with Crippen LogP contribution in [0, 0.1) is 5.92 Å². The number of hydrogen-bond acceptors (Lipinski definition) is 4. The van der Waals surface area contributed by atoms with Crippen LogP contribution in [0.4, 0.5) is 0 Å². The molecule has 1 aliphatic rings. The summed E-state index contributed by atoms with van der Waals surface area (Å²) in [5.74, 6) is -0.0565. The molecule has 0 aromatic heterocycles. The van der Waals surface area contributed by atoms with Crippen LogP contribution < -0.4 is 0 Å². The van der Waals surface area contributed by atoms with E-state index in [1.165, 1.54) is 0 Å². The second kappa shape index (κ2) is 8.15. The third kappa shape index (κ3) is 5.59. The smallest absolute Gasteiger partial charge is 0.308 e. The summed E-state index contributed by atoms with van der Waals surface area (Å²) in [5.41, 5.74) is 0. The van der Waals surface area contributed by atoms with Crippen molar-refractivity contribution in [3.8, 4) is 0 Å². The molecule has 1 heterocycles. The Balaban J connectivity index is 2.18. The normalized spacial score (nSPS) is 18.2. The van der Waals surface area contributed by atoms with Crippen molar-refractivity contribution in [2.75, 3.05) is 39.8 Å². The Morgan fingerprint density at radius 1 is 1.21 bits per heavy atom. The highest BCUT2D eigenvalue weighted by atomic mass is 16.5. The zero-order chi connectivity index (χ0) is 14.3. The van der Waals surface area contributed by atoms with Gasteiger partial charge in [0.05, 0.1) is 12.5 Å². The SMILES string of the molecule is CCOC(=O)C(C)CCCC(=O)N1CCN(C)CC1. The highest BCUT2D eigenvalue weighted by Crippen LogP contribution is 2.12. The van der Waals surface area contributed by atoms with E-state index in [-0.39, 0.29) is 17.8 Å². The summed E-state index contributed by atoms with van der Waals surface area (Å²) in [5, 5.41) is 0.